The Morgan fingerprint density at radius 1 is 1.16 bits per heavy atom. The number of primary amides is 1. The van der Waals surface area contributed by atoms with Gasteiger partial charge in [-0.15, -0.1) is 0 Å². The van der Waals surface area contributed by atoms with E-state index in [1.54, 1.807) is 53.2 Å². The summed E-state index contributed by atoms with van der Waals surface area (Å²) in [6.45, 7) is 7.12. The Kier molecular flexibility index (Phi) is 11.2. The Hall–Kier alpha value is -2.82. The number of nitrogens with one attached hydrogen (secondary N) is 1. The molecule has 1 heterocycles. The molecule has 1 aromatic carbocycles. The zero-order valence-corrected chi connectivity index (χ0v) is 22.7. The standard InChI is InChI=1S/C25H36N3O8P/c1-18(24(31)34-17-25(2,3)4)27-37(32,36-20-11-7-6-8-12-20)35-16-22(33-5)21(29)15-28-13-9-10-19(14-28)23(26)30/h6-14,18,21-22,29H,15-17H2,1-5H3,(H2-,26,27,30,32)/p+1/t18?,21-,22?,37?/m0/s1. The Morgan fingerprint density at radius 3 is 2.43 bits per heavy atom. The normalized spacial score (nSPS) is 15.7. The van der Waals surface area contributed by atoms with Crippen molar-refractivity contribution < 1.29 is 42.3 Å². The van der Waals surface area contributed by atoms with Gasteiger partial charge in [0.15, 0.2) is 18.9 Å². The van der Waals surface area contributed by atoms with E-state index in [1.165, 1.54) is 20.2 Å². The number of nitrogens with two attached hydrogens (primary N) is 1. The van der Waals surface area contributed by atoms with Gasteiger partial charge in [0.2, 0.25) is 0 Å². The summed E-state index contributed by atoms with van der Waals surface area (Å²) in [5.74, 6) is -0.970. The number of hydrogen-bond donors (Lipinski definition) is 3. The molecule has 0 spiro atoms. The van der Waals surface area contributed by atoms with E-state index in [0.29, 0.717) is 0 Å². The van der Waals surface area contributed by atoms with Crippen molar-refractivity contribution in [2.45, 2.75) is 52.5 Å². The molecule has 0 saturated carbocycles. The fraction of sp³-hybridized carbons (Fsp3) is 0.480. The van der Waals surface area contributed by atoms with Gasteiger partial charge < -0.3 is 24.8 Å². The van der Waals surface area contributed by atoms with Gasteiger partial charge in [0, 0.05) is 13.2 Å². The molecule has 2 aromatic rings. The number of aliphatic hydroxyl groups is 1. The molecule has 1 amide bonds. The van der Waals surface area contributed by atoms with Crippen LogP contribution in [0.4, 0.5) is 0 Å². The van der Waals surface area contributed by atoms with Crippen LogP contribution in [0.3, 0.4) is 0 Å². The number of aliphatic hydroxyl groups excluding tert-OH is 1. The summed E-state index contributed by atoms with van der Waals surface area (Å²) in [5, 5.41) is 13.3. The molecule has 0 aliphatic rings. The quantitative estimate of drug-likeness (QED) is 0.187. The number of pyridine rings is 1. The number of hydrogen-bond acceptors (Lipinski definition) is 8. The molecule has 0 aliphatic carbocycles. The number of esters is 1. The molecule has 0 radical (unpaired) electrons. The minimum absolute atomic E-state index is 0.0375. The van der Waals surface area contributed by atoms with Crippen LogP contribution < -0.4 is 19.9 Å². The van der Waals surface area contributed by atoms with Gasteiger partial charge in [-0.3, -0.25) is 14.1 Å². The van der Waals surface area contributed by atoms with Gasteiger partial charge >= 0.3 is 13.7 Å². The summed E-state index contributed by atoms with van der Waals surface area (Å²) < 4.78 is 37.1. The van der Waals surface area contributed by atoms with E-state index in [1.807, 2.05) is 20.8 Å². The summed E-state index contributed by atoms with van der Waals surface area (Å²) in [5.41, 5.74) is 5.35. The largest absolute Gasteiger partial charge is 0.464 e. The van der Waals surface area contributed by atoms with Gasteiger partial charge in [0.25, 0.3) is 5.91 Å². The Bertz CT molecular complexity index is 1080. The zero-order valence-electron chi connectivity index (χ0n) is 21.8. The van der Waals surface area contributed by atoms with Crippen LogP contribution in [0.5, 0.6) is 5.75 Å². The van der Waals surface area contributed by atoms with Crippen LogP contribution >= 0.6 is 7.75 Å². The molecule has 0 aliphatic heterocycles. The summed E-state index contributed by atoms with van der Waals surface area (Å²) in [6, 6.07) is 10.5. The highest BCUT2D eigenvalue weighted by Crippen LogP contribution is 2.45. The number of carbonyl (C=O) groups excluding carboxylic acids is 2. The van der Waals surface area contributed by atoms with Gasteiger partial charge in [-0.1, -0.05) is 39.0 Å². The van der Waals surface area contributed by atoms with Crippen LogP contribution in [0.1, 0.15) is 38.1 Å². The van der Waals surface area contributed by atoms with Crippen LogP contribution in [0.25, 0.3) is 0 Å². The van der Waals surface area contributed by atoms with E-state index < -0.39 is 37.9 Å². The maximum absolute atomic E-state index is 13.7. The minimum atomic E-state index is -4.14. The van der Waals surface area contributed by atoms with Gasteiger partial charge in [-0.2, -0.15) is 5.09 Å². The monoisotopic (exact) mass is 538 g/mol. The van der Waals surface area contributed by atoms with Crippen molar-refractivity contribution in [2.75, 3.05) is 20.3 Å². The average Bonchev–Trinajstić information content (AvgIpc) is 2.83. The predicted octanol–water partition coefficient (Wildman–Crippen LogP) is 2.22. The molecule has 12 heteroatoms. The molecule has 2 rings (SSSR count). The first-order valence-corrected chi connectivity index (χ1v) is 13.3. The average molecular weight is 539 g/mol. The second kappa shape index (κ2) is 13.6. The van der Waals surface area contributed by atoms with E-state index in [4.69, 9.17) is 24.3 Å². The van der Waals surface area contributed by atoms with Crippen LogP contribution in [0, 0.1) is 5.41 Å². The van der Waals surface area contributed by atoms with E-state index in [2.05, 4.69) is 5.09 Å². The van der Waals surface area contributed by atoms with Crippen molar-refractivity contribution in [1.29, 1.82) is 0 Å². The minimum Gasteiger partial charge on any atom is -0.464 e. The maximum Gasteiger partial charge on any atom is 0.459 e. The predicted molar refractivity (Wildman–Crippen MR) is 136 cm³/mol. The molecule has 204 valence electrons. The second-order valence-electron chi connectivity index (χ2n) is 9.71. The maximum atomic E-state index is 13.7. The smallest absolute Gasteiger partial charge is 0.459 e. The van der Waals surface area contributed by atoms with Gasteiger partial charge in [-0.05, 0) is 30.5 Å². The molecule has 0 fully saturated rings. The molecule has 0 saturated heterocycles. The van der Waals surface area contributed by atoms with Crippen molar-refractivity contribution >= 4 is 19.6 Å². The van der Waals surface area contributed by atoms with Crippen LogP contribution in [0.2, 0.25) is 0 Å². The molecule has 1 aromatic heterocycles. The zero-order chi connectivity index (χ0) is 27.6. The summed E-state index contributed by atoms with van der Waals surface area (Å²) in [4.78, 5) is 23.9. The molecule has 4 N–H and O–H groups in total. The number of rotatable bonds is 14. The van der Waals surface area contributed by atoms with Gasteiger partial charge in [0.05, 0.1) is 13.2 Å². The number of para-hydroxylation sites is 1. The molecule has 37 heavy (non-hydrogen) atoms. The highest BCUT2D eigenvalue weighted by molar-refractivity contribution is 7.52. The number of nitrogens with zero attached hydrogens (tertiary/aromatic N) is 1. The van der Waals surface area contributed by atoms with E-state index >= 15 is 0 Å². The summed E-state index contributed by atoms with van der Waals surface area (Å²) >= 11 is 0. The van der Waals surface area contributed by atoms with E-state index in [-0.39, 0.29) is 36.5 Å². The lowest BCUT2D eigenvalue weighted by Gasteiger charge is -2.26. The molecule has 0 bridgehead atoms. The summed E-state index contributed by atoms with van der Waals surface area (Å²) in [7, 11) is -2.77. The Labute approximate surface area is 217 Å². The fourth-order valence-electron chi connectivity index (χ4n) is 3.04. The number of ether oxygens (including phenoxy) is 2. The first kappa shape index (κ1) is 30.4. The third-order valence-corrected chi connectivity index (χ3v) is 6.65. The Morgan fingerprint density at radius 2 is 1.84 bits per heavy atom. The van der Waals surface area contributed by atoms with E-state index in [0.717, 1.165) is 0 Å². The lowest BCUT2D eigenvalue weighted by Crippen LogP contribution is -2.46. The molecule has 3 unspecified atom stereocenters. The highest BCUT2D eigenvalue weighted by atomic mass is 31.2. The first-order chi connectivity index (χ1) is 17.3. The van der Waals surface area contributed by atoms with Crippen molar-refractivity contribution in [1.82, 2.24) is 5.09 Å². The van der Waals surface area contributed by atoms with Crippen LogP contribution in [0.15, 0.2) is 54.9 Å². The fourth-order valence-corrected chi connectivity index (χ4v) is 4.54. The number of benzene rings is 1. The van der Waals surface area contributed by atoms with Crippen molar-refractivity contribution in [3.05, 3.63) is 60.4 Å². The van der Waals surface area contributed by atoms with Gasteiger partial charge in [0.1, 0.15) is 29.6 Å². The number of amides is 1. The number of carbonyl (C=O) groups is 2. The van der Waals surface area contributed by atoms with Gasteiger partial charge in [-0.25, -0.2) is 9.13 Å². The van der Waals surface area contributed by atoms with Crippen LogP contribution in [-0.4, -0.2) is 55.6 Å². The third-order valence-electron chi connectivity index (χ3n) is 5.00. The highest BCUT2D eigenvalue weighted by Gasteiger charge is 2.35. The van der Waals surface area contributed by atoms with Crippen molar-refractivity contribution in [3.8, 4) is 5.75 Å². The second-order valence-corrected chi connectivity index (χ2v) is 11.4. The lowest BCUT2D eigenvalue weighted by atomic mass is 9.99. The lowest BCUT2D eigenvalue weighted by molar-refractivity contribution is -0.705. The summed E-state index contributed by atoms with van der Waals surface area (Å²) in [6.07, 6.45) is 1.11. The first-order valence-electron chi connectivity index (χ1n) is 11.8. The molecule has 11 nitrogen and oxygen atoms in total. The number of methoxy groups -OCH3 is 1. The topological polar surface area (TPSA) is 150 Å². The van der Waals surface area contributed by atoms with E-state index in [9.17, 15) is 19.3 Å². The van der Waals surface area contributed by atoms with Crippen LogP contribution in [-0.2, 0) is 29.9 Å². The van der Waals surface area contributed by atoms with Crippen molar-refractivity contribution in [2.24, 2.45) is 11.1 Å². The third kappa shape index (κ3) is 10.6. The SMILES string of the molecule is COC(COP(=O)(NC(C)C(=O)OCC(C)(C)C)Oc1ccccc1)[C@@H](O)C[n+]1cccc(C(N)=O)c1. The van der Waals surface area contributed by atoms with Crippen molar-refractivity contribution in [3.63, 3.8) is 0 Å². The molecular weight excluding hydrogens is 501 g/mol. The number of aromatic nitrogens is 1. The molecular formula is C25H37N3O8P+. The molecule has 4 atom stereocenters. The Balaban J connectivity index is 2.12.